The number of hydrogen-bond donors (Lipinski definition) is 0. The Kier molecular flexibility index (Phi) is 6.07. The summed E-state index contributed by atoms with van der Waals surface area (Å²) in [4.78, 5) is 0. The van der Waals surface area contributed by atoms with E-state index in [2.05, 4.69) is 60.0 Å². The highest BCUT2D eigenvalue weighted by Gasteiger charge is 2.39. The second kappa shape index (κ2) is 8.48. The monoisotopic (exact) mass is 364 g/mol. The molecule has 0 spiro atoms. The van der Waals surface area contributed by atoms with Crippen LogP contribution < -0.4 is 0 Å². The Morgan fingerprint density at radius 2 is 1.35 bits per heavy atom. The van der Waals surface area contributed by atoms with Crippen LogP contribution in [0.15, 0.2) is 54.6 Å². The first-order chi connectivity index (χ1) is 12.7. The van der Waals surface area contributed by atoms with Crippen molar-refractivity contribution in [1.82, 2.24) is 0 Å². The van der Waals surface area contributed by atoms with E-state index in [4.69, 9.17) is 13.3 Å². The maximum atomic E-state index is 5.80. The van der Waals surface area contributed by atoms with Gasteiger partial charge in [0.15, 0.2) is 0 Å². The van der Waals surface area contributed by atoms with Crippen molar-refractivity contribution in [2.24, 2.45) is 0 Å². The first-order valence-electron chi connectivity index (χ1n) is 9.08. The molecule has 0 aromatic heterocycles. The van der Waals surface area contributed by atoms with Crippen LogP contribution in [0.25, 0.3) is 21.5 Å². The topological polar surface area (TPSA) is 27.7 Å². The van der Waals surface area contributed by atoms with Crippen LogP contribution in [-0.4, -0.2) is 28.6 Å². The second-order valence-corrected chi connectivity index (χ2v) is 8.06. The third kappa shape index (κ3) is 3.98. The molecule has 0 aliphatic heterocycles. The maximum Gasteiger partial charge on any atom is 0.591 e. The molecule has 0 bridgehead atoms. The molecule has 0 fully saturated rings. The maximum absolute atomic E-state index is 5.80. The molecular formula is C22H24O3Si. The minimum atomic E-state index is -2.95. The lowest BCUT2D eigenvalue weighted by Crippen LogP contribution is -2.45. The predicted octanol–water partition coefficient (Wildman–Crippen LogP) is 4.93. The van der Waals surface area contributed by atoms with Gasteiger partial charge in [0, 0.05) is 25.4 Å². The Morgan fingerprint density at radius 1 is 0.731 bits per heavy atom. The van der Waals surface area contributed by atoms with Gasteiger partial charge in [0.2, 0.25) is 0 Å². The van der Waals surface area contributed by atoms with Crippen molar-refractivity contribution in [3.8, 4) is 11.5 Å². The van der Waals surface area contributed by atoms with Gasteiger partial charge in [-0.05, 0) is 60.0 Å². The van der Waals surface area contributed by atoms with E-state index < -0.39 is 8.80 Å². The molecular weight excluding hydrogens is 340 g/mol. The zero-order valence-corrected chi connectivity index (χ0v) is 16.5. The average Bonchev–Trinajstić information content (AvgIpc) is 2.67. The van der Waals surface area contributed by atoms with Gasteiger partial charge in [-0.1, -0.05) is 48.4 Å². The van der Waals surface area contributed by atoms with Crippen LogP contribution in [0.5, 0.6) is 0 Å². The molecule has 134 valence electrons. The summed E-state index contributed by atoms with van der Waals surface area (Å²) in [6.07, 6.45) is 0. The van der Waals surface area contributed by atoms with Gasteiger partial charge in [0.25, 0.3) is 0 Å². The minimum Gasteiger partial charge on any atom is -0.364 e. The van der Waals surface area contributed by atoms with Gasteiger partial charge in [0.1, 0.15) is 0 Å². The van der Waals surface area contributed by atoms with Crippen molar-refractivity contribution in [3.63, 3.8) is 0 Å². The fourth-order valence-corrected chi connectivity index (χ4v) is 4.95. The fourth-order valence-electron chi connectivity index (χ4n) is 3.04. The van der Waals surface area contributed by atoms with E-state index in [1.54, 1.807) is 0 Å². The van der Waals surface area contributed by atoms with Crippen molar-refractivity contribution in [2.75, 3.05) is 19.8 Å². The van der Waals surface area contributed by atoms with Crippen LogP contribution in [0.1, 0.15) is 26.3 Å². The molecule has 3 aromatic rings. The van der Waals surface area contributed by atoms with Gasteiger partial charge in [-0.3, -0.25) is 0 Å². The van der Waals surface area contributed by atoms with E-state index in [1.165, 1.54) is 21.5 Å². The Balaban J connectivity index is 2.00. The van der Waals surface area contributed by atoms with Crippen LogP contribution in [0, 0.1) is 11.5 Å². The minimum absolute atomic E-state index is 0.518. The Morgan fingerprint density at radius 3 is 2.04 bits per heavy atom. The summed E-state index contributed by atoms with van der Waals surface area (Å²) in [7, 11) is -2.95. The summed E-state index contributed by atoms with van der Waals surface area (Å²) >= 11 is 0. The van der Waals surface area contributed by atoms with Crippen LogP contribution in [0.2, 0.25) is 0 Å². The molecule has 3 rings (SSSR count). The van der Waals surface area contributed by atoms with Gasteiger partial charge in [-0.25, -0.2) is 0 Å². The third-order valence-corrected chi connectivity index (χ3v) is 6.55. The van der Waals surface area contributed by atoms with Gasteiger partial charge in [-0.15, -0.1) is 0 Å². The number of benzene rings is 3. The summed E-state index contributed by atoms with van der Waals surface area (Å²) in [5, 5.41) is 4.91. The van der Waals surface area contributed by atoms with Crippen molar-refractivity contribution in [1.29, 1.82) is 0 Å². The van der Waals surface area contributed by atoms with Crippen molar-refractivity contribution in [3.05, 3.63) is 60.2 Å². The molecule has 0 N–H and O–H groups in total. The summed E-state index contributed by atoms with van der Waals surface area (Å²) < 4.78 is 17.4. The number of hydrogen-bond acceptors (Lipinski definition) is 3. The number of rotatable bonds is 6. The summed E-state index contributed by atoms with van der Waals surface area (Å²) in [5.74, 6) is 3.22. The molecule has 0 atom stereocenters. The lowest BCUT2D eigenvalue weighted by molar-refractivity contribution is 0.0870. The Hall–Kier alpha value is -2.16. The lowest BCUT2D eigenvalue weighted by atomic mass is 10.0. The Bertz CT molecular complexity index is 939. The number of fused-ring (bicyclic) bond motifs is 3. The molecule has 0 unspecified atom stereocenters. The molecule has 0 aliphatic rings. The van der Waals surface area contributed by atoms with E-state index in [0.717, 1.165) is 5.56 Å². The van der Waals surface area contributed by atoms with Gasteiger partial charge >= 0.3 is 8.80 Å². The highest BCUT2D eigenvalue weighted by molar-refractivity contribution is 6.69. The molecule has 26 heavy (non-hydrogen) atoms. The van der Waals surface area contributed by atoms with Crippen LogP contribution in [0.4, 0.5) is 0 Å². The van der Waals surface area contributed by atoms with E-state index in [-0.39, 0.29) is 0 Å². The second-order valence-electron chi connectivity index (χ2n) is 5.83. The zero-order chi connectivity index (χ0) is 18.4. The van der Waals surface area contributed by atoms with Gasteiger partial charge in [-0.2, -0.15) is 0 Å². The van der Waals surface area contributed by atoms with Crippen molar-refractivity contribution >= 4 is 30.3 Å². The van der Waals surface area contributed by atoms with Crippen LogP contribution >= 0.6 is 0 Å². The van der Waals surface area contributed by atoms with E-state index >= 15 is 0 Å². The quantitative estimate of drug-likeness (QED) is 0.352. The molecule has 0 aliphatic carbocycles. The van der Waals surface area contributed by atoms with Crippen LogP contribution in [-0.2, 0) is 13.3 Å². The molecule has 0 saturated heterocycles. The van der Waals surface area contributed by atoms with Crippen LogP contribution in [0.3, 0.4) is 0 Å². The summed E-state index contributed by atoms with van der Waals surface area (Å²) in [6, 6.07) is 19.0. The molecule has 3 aromatic carbocycles. The normalized spacial score (nSPS) is 11.5. The van der Waals surface area contributed by atoms with E-state index in [0.29, 0.717) is 19.8 Å². The Labute approximate surface area is 156 Å². The average molecular weight is 365 g/mol. The van der Waals surface area contributed by atoms with E-state index in [9.17, 15) is 0 Å². The fraction of sp³-hybridized carbons (Fsp3) is 0.273. The standard InChI is InChI=1S/C22H24O3Si/c1-4-23-26(24-5-2,25-6-3)16-15-18-11-14-22-20(17-18)13-12-19-9-7-8-10-21(19)22/h7-14,17H,4-6H2,1-3H3. The highest BCUT2D eigenvalue weighted by atomic mass is 28.4. The zero-order valence-electron chi connectivity index (χ0n) is 15.5. The molecule has 0 radical (unpaired) electrons. The highest BCUT2D eigenvalue weighted by Crippen LogP contribution is 2.25. The third-order valence-electron chi connectivity index (χ3n) is 4.11. The SMILES string of the molecule is CCO[Si](C#Cc1ccc2c(ccc3ccccc32)c1)(OCC)OCC. The van der Waals surface area contributed by atoms with Gasteiger partial charge in [0.05, 0.1) is 0 Å². The first kappa shape index (κ1) is 18.6. The van der Waals surface area contributed by atoms with Crippen molar-refractivity contribution < 1.29 is 13.3 Å². The molecule has 3 nitrogen and oxygen atoms in total. The first-order valence-corrected chi connectivity index (χ1v) is 10.8. The molecule has 0 saturated carbocycles. The molecule has 4 heteroatoms. The smallest absolute Gasteiger partial charge is 0.364 e. The van der Waals surface area contributed by atoms with E-state index in [1.807, 2.05) is 26.8 Å². The van der Waals surface area contributed by atoms with Gasteiger partial charge < -0.3 is 13.3 Å². The summed E-state index contributed by atoms with van der Waals surface area (Å²) in [6.45, 7) is 7.35. The largest absolute Gasteiger partial charge is 0.591 e. The predicted molar refractivity (Wildman–Crippen MR) is 109 cm³/mol. The summed E-state index contributed by atoms with van der Waals surface area (Å²) in [5.41, 5.74) is 4.11. The van der Waals surface area contributed by atoms with Crippen molar-refractivity contribution in [2.45, 2.75) is 20.8 Å². The molecule has 0 amide bonds. The molecule has 0 heterocycles. The lowest BCUT2D eigenvalue weighted by Gasteiger charge is -2.22.